The monoisotopic (exact) mass is 435 g/mol. The number of aryl methyl sites for hydroxylation is 2. The first-order valence-corrected chi connectivity index (χ1v) is 11.3. The number of carbonyl (C=O) groups excluding carboxylic acids is 1. The molecule has 0 bridgehead atoms. The molecule has 0 aliphatic carbocycles. The van der Waals surface area contributed by atoms with Crippen LogP contribution in [0.4, 0.5) is 0 Å². The minimum atomic E-state index is -0.344. The standard InChI is InChI=1S/C26H33N3O3/c1-6-10-24(30)28(15-16-32-5)23(7-2)25-27-22-12-9-8-11-21(22)26(31)29(25)20-14-13-18(3)19(4)17-20/h8-9,11-14,17,23H,6-7,10,15-16H2,1-5H3. The summed E-state index contributed by atoms with van der Waals surface area (Å²) >= 11 is 0. The molecule has 3 rings (SSSR count). The number of carbonyl (C=O) groups is 1. The van der Waals surface area contributed by atoms with Gasteiger partial charge in [-0.3, -0.25) is 14.2 Å². The van der Waals surface area contributed by atoms with Crippen molar-refractivity contribution >= 4 is 16.8 Å². The van der Waals surface area contributed by atoms with Gasteiger partial charge in [-0.2, -0.15) is 0 Å². The van der Waals surface area contributed by atoms with E-state index in [-0.39, 0.29) is 17.5 Å². The summed E-state index contributed by atoms with van der Waals surface area (Å²) in [6, 6.07) is 13.0. The summed E-state index contributed by atoms with van der Waals surface area (Å²) < 4.78 is 6.97. The fourth-order valence-electron chi connectivity index (χ4n) is 4.03. The van der Waals surface area contributed by atoms with Gasteiger partial charge in [-0.1, -0.05) is 32.0 Å². The van der Waals surface area contributed by atoms with Crippen LogP contribution in [0.15, 0.2) is 47.3 Å². The van der Waals surface area contributed by atoms with E-state index in [0.717, 1.165) is 23.2 Å². The van der Waals surface area contributed by atoms with E-state index < -0.39 is 0 Å². The van der Waals surface area contributed by atoms with Crippen LogP contribution >= 0.6 is 0 Å². The molecule has 6 nitrogen and oxygen atoms in total. The molecule has 1 amide bonds. The summed E-state index contributed by atoms with van der Waals surface area (Å²) in [6.45, 7) is 8.97. The maximum atomic E-state index is 13.7. The second kappa shape index (κ2) is 10.6. The topological polar surface area (TPSA) is 64.4 Å². The summed E-state index contributed by atoms with van der Waals surface area (Å²) in [6.07, 6.45) is 1.84. The molecular weight excluding hydrogens is 402 g/mol. The Balaban J connectivity index is 2.29. The van der Waals surface area contributed by atoms with Crippen LogP contribution in [0, 0.1) is 13.8 Å². The predicted molar refractivity (Wildman–Crippen MR) is 128 cm³/mol. The van der Waals surface area contributed by atoms with Crippen LogP contribution in [0.1, 0.15) is 56.1 Å². The lowest BCUT2D eigenvalue weighted by molar-refractivity contribution is -0.134. The van der Waals surface area contributed by atoms with Gasteiger partial charge in [0.15, 0.2) is 0 Å². The zero-order valence-electron chi connectivity index (χ0n) is 19.7. The first-order chi connectivity index (χ1) is 15.4. The van der Waals surface area contributed by atoms with Crippen LogP contribution in [-0.2, 0) is 9.53 Å². The van der Waals surface area contributed by atoms with Gasteiger partial charge < -0.3 is 9.64 Å². The third kappa shape index (κ3) is 4.75. The normalized spacial score (nSPS) is 12.2. The highest BCUT2D eigenvalue weighted by atomic mass is 16.5. The van der Waals surface area contributed by atoms with Crippen LogP contribution in [0.5, 0.6) is 0 Å². The Bertz CT molecular complexity index is 1150. The van der Waals surface area contributed by atoms with Crippen molar-refractivity contribution in [2.75, 3.05) is 20.3 Å². The molecule has 0 saturated carbocycles. The SMILES string of the molecule is CCCC(=O)N(CCOC)C(CC)c1nc2ccccc2c(=O)n1-c1ccc(C)c(C)c1. The minimum Gasteiger partial charge on any atom is -0.383 e. The largest absolute Gasteiger partial charge is 0.383 e. The maximum Gasteiger partial charge on any atom is 0.266 e. The third-order valence-electron chi connectivity index (χ3n) is 5.93. The van der Waals surface area contributed by atoms with Gasteiger partial charge in [-0.05, 0) is 62.1 Å². The lowest BCUT2D eigenvalue weighted by Crippen LogP contribution is -2.40. The Kier molecular flexibility index (Phi) is 7.80. The number of para-hydroxylation sites is 1. The van der Waals surface area contributed by atoms with Crippen LogP contribution in [-0.4, -0.2) is 40.6 Å². The highest BCUT2D eigenvalue weighted by Gasteiger charge is 2.28. The average molecular weight is 436 g/mol. The zero-order chi connectivity index (χ0) is 23.3. The molecule has 1 heterocycles. The fourth-order valence-corrected chi connectivity index (χ4v) is 4.03. The highest BCUT2D eigenvalue weighted by molar-refractivity contribution is 5.79. The second-order valence-electron chi connectivity index (χ2n) is 8.15. The van der Waals surface area contributed by atoms with Gasteiger partial charge in [0.2, 0.25) is 5.91 Å². The molecule has 6 heteroatoms. The average Bonchev–Trinajstić information content (AvgIpc) is 2.79. The van der Waals surface area contributed by atoms with Crippen LogP contribution in [0.2, 0.25) is 0 Å². The van der Waals surface area contributed by atoms with E-state index in [1.807, 2.05) is 69.0 Å². The molecule has 32 heavy (non-hydrogen) atoms. The fraction of sp³-hybridized carbons (Fsp3) is 0.423. The number of methoxy groups -OCH3 is 1. The molecule has 0 fully saturated rings. The number of rotatable bonds is 9. The second-order valence-corrected chi connectivity index (χ2v) is 8.15. The van der Waals surface area contributed by atoms with Gasteiger partial charge in [0, 0.05) is 20.1 Å². The molecule has 1 atom stereocenters. The number of nitrogens with zero attached hydrogens (tertiary/aromatic N) is 3. The molecule has 0 N–H and O–H groups in total. The van der Waals surface area contributed by atoms with E-state index in [0.29, 0.717) is 42.7 Å². The van der Waals surface area contributed by atoms with Crippen LogP contribution in [0.25, 0.3) is 16.6 Å². The van der Waals surface area contributed by atoms with E-state index >= 15 is 0 Å². The van der Waals surface area contributed by atoms with E-state index in [1.165, 1.54) is 0 Å². The molecule has 0 spiro atoms. The lowest BCUT2D eigenvalue weighted by atomic mass is 10.1. The Morgan fingerprint density at radius 1 is 1.12 bits per heavy atom. The number of amides is 1. The molecule has 170 valence electrons. The first kappa shape index (κ1) is 23.7. The van der Waals surface area contributed by atoms with Crippen molar-refractivity contribution in [2.45, 2.75) is 53.0 Å². The van der Waals surface area contributed by atoms with Crippen molar-refractivity contribution in [1.29, 1.82) is 0 Å². The van der Waals surface area contributed by atoms with Gasteiger partial charge in [0.1, 0.15) is 5.82 Å². The van der Waals surface area contributed by atoms with E-state index in [4.69, 9.17) is 9.72 Å². The van der Waals surface area contributed by atoms with Gasteiger partial charge >= 0.3 is 0 Å². The Morgan fingerprint density at radius 3 is 2.53 bits per heavy atom. The number of benzene rings is 2. The van der Waals surface area contributed by atoms with Gasteiger partial charge in [0.05, 0.1) is 29.2 Å². The van der Waals surface area contributed by atoms with Crippen LogP contribution < -0.4 is 5.56 Å². The van der Waals surface area contributed by atoms with E-state index in [9.17, 15) is 9.59 Å². The summed E-state index contributed by atoms with van der Waals surface area (Å²) in [4.78, 5) is 33.5. The Hall–Kier alpha value is -2.99. The molecule has 2 aromatic carbocycles. The quantitative estimate of drug-likeness (QED) is 0.487. The van der Waals surface area contributed by atoms with Crippen LogP contribution in [0.3, 0.4) is 0 Å². The first-order valence-electron chi connectivity index (χ1n) is 11.3. The molecule has 0 aliphatic heterocycles. The Labute approximate surface area is 189 Å². The van der Waals surface area contributed by atoms with Crippen molar-refractivity contribution in [1.82, 2.24) is 14.5 Å². The number of hydrogen-bond acceptors (Lipinski definition) is 4. The van der Waals surface area contributed by atoms with Crippen molar-refractivity contribution in [2.24, 2.45) is 0 Å². The van der Waals surface area contributed by atoms with E-state index in [2.05, 4.69) is 0 Å². The molecular formula is C26H33N3O3. The number of aromatic nitrogens is 2. The predicted octanol–water partition coefficient (Wildman–Crippen LogP) is 4.73. The number of ether oxygens (including phenoxy) is 1. The summed E-state index contributed by atoms with van der Waals surface area (Å²) in [7, 11) is 1.63. The van der Waals surface area contributed by atoms with Crippen molar-refractivity contribution in [3.63, 3.8) is 0 Å². The Morgan fingerprint density at radius 2 is 1.88 bits per heavy atom. The summed E-state index contributed by atoms with van der Waals surface area (Å²) in [5.74, 6) is 0.630. The summed E-state index contributed by atoms with van der Waals surface area (Å²) in [5, 5.41) is 0.563. The van der Waals surface area contributed by atoms with Crippen molar-refractivity contribution in [3.8, 4) is 5.69 Å². The molecule has 0 saturated heterocycles. The molecule has 1 aromatic heterocycles. The number of hydrogen-bond donors (Lipinski definition) is 0. The van der Waals surface area contributed by atoms with E-state index in [1.54, 1.807) is 17.7 Å². The molecule has 0 aliphatic rings. The third-order valence-corrected chi connectivity index (χ3v) is 5.93. The molecule has 3 aromatic rings. The molecule has 1 unspecified atom stereocenters. The van der Waals surface area contributed by atoms with Gasteiger partial charge in [0.25, 0.3) is 5.56 Å². The van der Waals surface area contributed by atoms with Crippen molar-refractivity contribution < 1.29 is 9.53 Å². The van der Waals surface area contributed by atoms with Gasteiger partial charge in [-0.15, -0.1) is 0 Å². The van der Waals surface area contributed by atoms with Crippen molar-refractivity contribution in [3.05, 3.63) is 69.8 Å². The minimum absolute atomic E-state index is 0.0467. The highest BCUT2D eigenvalue weighted by Crippen LogP contribution is 2.27. The maximum absolute atomic E-state index is 13.7. The summed E-state index contributed by atoms with van der Waals surface area (Å²) in [5.41, 5.74) is 3.53. The zero-order valence-corrected chi connectivity index (χ0v) is 19.7. The number of fused-ring (bicyclic) bond motifs is 1. The molecule has 0 radical (unpaired) electrons. The van der Waals surface area contributed by atoms with Gasteiger partial charge in [-0.25, -0.2) is 4.98 Å². The smallest absolute Gasteiger partial charge is 0.266 e. The lowest BCUT2D eigenvalue weighted by Gasteiger charge is -2.32.